The molecule has 1 amide bonds. The molecule has 0 saturated heterocycles. The zero-order chi connectivity index (χ0) is 15.6. The van der Waals surface area contributed by atoms with Gasteiger partial charge in [0.15, 0.2) is 0 Å². The molecule has 5 nitrogen and oxygen atoms in total. The van der Waals surface area contributed by atoms with Crippen molar-refractivity contribution in [3.63, 3.8) is 0 Å². The maximum atomic E-state index is 13.6. The molecule has 114 valence electrons. The summed E-state index contributed by atoms with van der Waals surface area (Å²) in [5, 5.41) is 11.1. The molecule has 0 radical (unpaired) electrons. The van der Waals surface area contributed by atoms with Crippen LogP contribution < -0.4 is 5.32 Å². The fourth-order valence-corrected chi connectivity index (χ4v) is 2.32. The van der Waals surface area contributed by atoms with Gasteiger partial charge in [0.2, 0.25) is 5.91 Å². The molecule has 0 heterocycles. The van der Waals surface area contributed by atoms with Gasteiger partial charge in [-0.05, 0) is 25.3 Å². The summed E-state index contributed by atoms with van der Waals surface area (Å²) < 4.78 is 32.1. The van der Waals surface area contributed by atoms with Crippen LogP contribution in [0, 0.1) is 11.6 Å². The van der Waals surface area contributed by atoms with Crippen LogP contribution in [0.1, 0.15) is 36.0 Å². The SMILES string of the molecule is COC1(CC(=O)Nc2cc(C(=O)O)c(F)cc2F)CCC1. The smallest absolute Gasteiger partial charge is 0.338 e. The number of nitrogens with one attached hydrogen (secondary N) is 1. The maximum Gasteiger partial charge on any atom is 0.338 e. The summed E-state index contributed by atoms with van der Waals surface area (Å²) in [6.07, 6.45) is 2.48. The Morgan fingerprint density at radius 2 is 2.00 bits per heavy atom. The van der Waals surface area contributed by atoms with Gasteiger partial charge in [0, 0.05) is 13.2 Å². The Balaban J connectivity index is 2.13. The van der Waals surface area contributed by atoms with Crippen LogP contribution in [0.15, 0.2) is 12.1 Å². The second kappa shape index (κ2) is 5.77. The Hall–Kier alpha value is -2.02. The van der Waals surface area contributed by atoms with Crippen molar-refractivity contribution in [1.29, 1.82) is 0 Å². The highest BCUT2D eigenvalue weighted by Crippen LogP contribution is 2.38. The lowest BCUT2D eigenvalue weighted by Gasteiger charge is -2.39. The van der Waals surface area contributed by atoms with E-state index < -0.39 is 34.7 Å². The number of methoxy groups -OCH3 is 1. The summed E-state index contributed by atoms with van der Waals surface area (Å²) in [6.45, 7) is 0. The highest BCUT2D eigenvalue weighted by molar-refractivity contribution is 5.94. The molecule has 1 saturated carbocycles. The second-order valence-electron chi connectivity index (χ2n) is 5.08. The van der Waals surface area contributed by atoms with Crippen LogP contribution in [-0.4, -0.2) is 29.7 Å². The molecule has 7 heteroatoms. The molecule has 1 aromatic rings. The molecule has 0 spiro atoms. The molecule has 1 aliphatic rings. The first kappa shape index (κ1) is 15.4. The zero-order valence-corrected chi connectivity index (χ0v) is 11.4. The van der Waals surface area contributed by atoms with Crippen LogP contribution in [0.4, 0.5) is 14.5 Å². The fraction of sp³-hybridized carbons (Fsp3) is 0.429. The Kier molecular flexibility index (Phi) is 4.22. The minimum absolute atomic E-state index is 0.0444. The Morgan fingerprint density at radius 3 is 2.48 bits per heavy atom. The van der Waals surface area contributed by atoms with Crippen molar-refractivity contribution in [2.24, 2.45) is 0 Å². The number of anilines is 1. The Bertz CT molecular complexity index is 579. The van der Waals surface area contributed by atoms with Gasteiger partial charge in [0.05, 0.1) is 23.3 Å². The number of carboxylic acid groups (broad SMARTS) is 1. The third-order valence-corrected chi connectivity index (χ3v) is 3.74. The molecular weight excluding hydrogens is 284 g/mol. The van der Waals surface area contributed by atoms with E-state index in [1.54, 1.807) is 0 Å². The van der Waals surface area contributed by atoms with E-state index in [1.807, 2.05) is 0 Å². The van der Waals surface area contributed by atoms with Crippen molar-refractivity contribution in [2.75, 3.05) is 12.4 Å². The second-order valence-corrected chi connectivity index (χ2v) is 5.08. The molecule has 21 heavy (non-hydrogen) atoms. The average molecular weight is 299 g/mol. The maximum absolute atomic E-state index is 13.6. The van der Waals surface area contributed by atoms with Crippen molar-refractivity contribution in [1.82, 2.24) is 0 Å². The number of benzene rings is 1. The van der Waals surface area contributed by atoms with E-state index >= 15 is 0 Å². The van der Waals surface area contributed by atoms with E-state index in [2.05, 4.69) is 5.32 Å². The first-order valence-electron chi connectivity index (χ1n) is 6.44. The lowest BCUT2D eigenvalue weighted by atomic mass is 9.77. The van der Waals surface area contributed by atoms with Gasteiger partial charge < -0.3 is 15.2 Å². The Labute approximate surface area is 119 Å². The van der Waals surface area contributed by atoms with Gasteiger partial charge in [-0.3, -0.25) is 4.79 Å². The van der Waals surface area contributed by atoms with E-state index in [-0.39, 0.29) is 12.1 Å². The number of rotatable bonds is 5. The van der Waals surface area contributed by atoms with Crippen LogP contribution in [0.3, 0.4) is 0 Å². The van der Waals surface area contributed by atoms with Gasteiger partial charge in [-0.25, -0.2) is 13.6 Å². The largest absolute Gasteiger partial charge is 0.478 e. The number of carbonyl (C=O) groups is 2. The molecule has 2 N–H and O–H groups in total. The van der Waals surface area contributed by atoms with Gasteiger partial charge >= 0.3 is 5.97 Å². The lowest BCUT2D eigenvalue weighted by molar-refractivity contribution is -0.129. The van der Waals surface area contributed by atoms with Gasteiger partial charge in [0.25, 0.3) is 0 Å². The molecule has 0 bridgehead atoms. The minimum atomic E-state index is -1.53. The summed E-state index contributed by atoms with van der Waals surface area (Å²) in [5.74, 6) is -4.25. The number of hydrogen-bond donors (Lipinski definition) is 2. The molecule has 0 unspecified atom stereocenters. The number of hydrogen-bond acceptors (Lipinski definition) is 3. The Morgan fingerprint density at radius 1 is 1.33 bits per heavy atom. The number of aromatic carboxylic acids is 1. The predicted octanol–water partition coefficient (Wildman–Crippen LogP) is 2.56. The number of carbonyl (C=O) groups excluding carboxylic acids is 1. The summed E-state index contributed by atoms with van der Waals surface area (Å²) in [6, 6.07) is 1.21. The van der Waals surface area contributed by atoms with Crippen LogP contribution in [0.5, 0.6) is 0 Å². The zero-order valence-electron chi connectivity index (χ0n) is 11.4. The predicted molar refractivity (Wildman–Crippen MR) is 70.2 cm³/mol. The lowest BCUT2D eigenvalue weighted by Crippen LogP contribution is -2.42. The van der Waals surface area contributed by atoms with E-state index in [4.69, 9.17) is 9.84 Å². The van der Waals surface area contributed by atoms with Crippen LogP contribution >= 0.6 is 0 Å². The fourth-order valence-electron chi connectivity index (χ4n) is 2.32. The number of amides is 1. The van der Waals surface area contributed by atoms with Crippen molar-refractivity contribution >= 4 is 17.6 Å². The minimum Gasteiger partial charge on any atom is -0.478 e. The van der Waals surface area contributed by atoms with E-state index in [9.17, 15) is 18.4 Å². The highest BCUT2D eigenvalue weighted by Gasteiger charge is 2.39. The third kappa shape index (κ3) is 3.18. The summed E-state index contributed by atoms with van der Waals surface area (Å²) in [4.78, 5) is 22.7. The number of ether oxygens (including phenoxy) is 1. The molecule has 0 aliphatic heterocycles. The molecule has 0 aromatic heterocycles. The van der Waals surface area contributed by atoms with Crippen LogP contribution in [0.2, 0.25) is 0 Å². The van der Waals surface area contributed by atoms with Crippen molar-refractivity contribution in [2.45, 2.75) is 31.3 Å². The normalized spacial score (nSPS) is 16.1. The van der Waals surface area contributed by atoms with Gasteiger partial charge in [-0.2, -0.15) is 0 Å². The van der Waals surface area contributed by atoms with E-state index in [0.29, 0.717) is 6.07 Å². The molecule has 0 atom stereocenters. The standard InChI is InChI=1S/C14H15F2NO4/c1-21-14(3-2-4-14)7-12(18)17-11-5-8(13(19)20)9(15)6-10(11)16/h5-6H,2-4,7H2,1H3,(H,17,18)(H,19,20). The summed E-state index contributed by atoms with van der Waals surface area (Å²) >= 11 is 0. The van der Waals surface area contributed by atoms with Gasteiger partial charge in [-0.1, -0.05) is 0 Å². The van der Waals surface area contributed by atoms with Gasteiger partial charge in [0.1, 0.15) is 11.6 Å². The summed E-state index contributed by atoms with van der Waals surface area (Å²) in [7, 11) is 1.51. The molecule has 2 rings (SSSR count). The first-order valence-corrected chi connectivity index (χ1v) is 6.44. The number of carboxylic acids is 1. The van der Waals surface area contributed by atoms with Crippen molar-refractivity contribution in [3.8, 4) is 0 Å². The van der Waals surface area contributed by atoms with E-state index in [0.717, 1.165) is 25.3 Å². The molecule has 1 fully saturated rings. The van der Waals surface area contributed by atoms with Crippen molar-refractivity contribution in [3.05, 3.63) is 29.3 Å². The molecule has 1 aliphatic carbocycles. The number of halogens is 2. The highest BCUT2D eigenvalue weighted by atomic mass is 19.1. The van der Waals surface area contributed by atoms with Gasteiger partial charge in [-0.15, -0.1) is 0 Å². The first-order chi connectivity index (χ1) is 9.87. The van der Waals surface area contributed by atoms with Crippen LogP contribution in [0.25, 0.3) is 0 Å². The van der Waals surface area contributed by atoms with Crippen LogP contribution in [-0.2, 0) is 9.53 Å². The quantitative estimate of drug-likeness (QED) is 0.876. The molecule has 1 aromatic carbocycles. The monoisotopic (exact) mass is 299 g/mol. The summed E-state index contributed by atoms with van der Waals surface area (Å²) in [5.41, 5.74) is -1.59. The third-order valence-electron chi connectivity index (χ3n) is 3.74. The average Bonchev–Trinajstić information content (AvgIpc) is 2.36. The van der Waals surface area contributed by atoms with Crippen molar-refractivity contribution < 1.29 is 28.2 Å². The molecular formula is C14H15F2NO4. The van der Waals surface area contributed by atoms with E-state index in [1.165, 1.54) is 7.11 Å². The topological polar surface area (TPSA) is 75.6 Å².